The fourth-order valence-corrected chi connectivity index (χ4v) is 5.12. The SMILES string of the molecule is COc1ccc(CNC(=O)CN(c2cccc(C)c2Br)S(=O)(=O)c2ccc(C)cc2)cc1. The number of nitrogens with zero attached hydrogens (tertiary/aromatic N) is 1. The van der Waals surface area contributed by atoms with Crippen molar-refractivity contribution >= 4 is 37.5 Å². The molecule has 0 unspecified atom stereocenters. The van der Waals surface area contributed by atoms with E-state index in [2.05, 4.69) is 21.2 Å². The number of amides is 1. The lowest BCUT2D eigenvalue weighted by Crippen LogP contribution is -2.41. The topological polar surface area (TPSA) is 75.7 Å². The van der Waals surface area contributed by atoms with Gasteiger partial charge in [0, 0.05) is 11.0 Å². The van der Waals surface area contributed by atoms with Gasteiger partial charge in [0.05, 0.1) is 17.7 Å². The molecule has 3 rings (SSSR count). The molecule has 0 bridgehead atoms. The van der Waals surface area contributed by atoms with Gasteiger partial charge in [-0.3, -0.25) is 9.10 Å². The fourth-order valence-electron chi connectivity index (χ4n) is 3.09. The molecule has 0 atom stereocenters. The zero-order chi connectivity index (χ0) is 23.3. The van der Waals surface area contributed by atoms with Crippen molar-refractivity contribution in [2.45, 2.75) is 25.3 Å². The first-order valence-electron chi connectivity index (χ1n) is 9.96. The number of halogens is 1. The zero-order valence-electron chi connectivity index (χ0n) is 18.1. The lowest BCUT2D eigenvalue weighted by molar-refractivity contribution is -0.119. The molecule has 0 aliphatic rings. The number of benzene rings is 3. The lowest BCUT2D eigenvalue weighted by atomic mass is 10.2. The highest BCUT2D eigenvalue weighted by molar-refractivity contribution is 9.10. The van der Waals surface area contributed by atoms with E-state index >= 15 is 0 Å². The Morgan fingerprint density at radius 2 is 1.66 bits per heavy atom. The smallest absolute Gasteiger partial charge is 0.264 e. The van der Waals surface area contributed by atoms with Gasteiger partial charge in [0.15, 0.2) is 0 Å². The van der Waals surface area contributed by atoms with Crippen LogP contribution in [0.25, 0.3) is 0 Å². The van der Waals surface area contributed by atoms with E-state index < -0.39 is 15.9 Å². The van der Waals surface area contributed by atoms with Crippen LogP contribution in [0.5, 0.6) is 5.75 Å². The van der Waals surface area contributed by atoms with Crippen LogP contribution in [-0.4, -0.2) is 28.0 Å². The number of ether oxygens (including phenoxy) is 1. The molecule has 1 N–H and O–H groups in total. The summed E-state index contributed by atoms with van der Waals surface area (Å²) in [5.74, 6) is 0.310. The van der Waals surface area contributed by atoms with Gasteiger partial charge < -0.3 is 10.1 Å². The third-order valence-electron chi connectivity index (χ3n) is 4.99. The second-order valence-corrected chi connectivity index (χ2v) is 10.0. The number of hydrogen-bond acceptors (Lipinski definition) is 4. The first kappa shape index (κ1) is 23.8. The Morgan fingerprint density at radius 1 is 1.00 bits per heavy atom. The van der Waals surface area contributed by atoms with Crippen LogP contribution in [0.1, 0.15) is 16.7 Å². The summed E-state index contributed by atoms with van der Waals surface area (Å²) in [7, 11) is -2.38. The van der Waals surface area contributed by atoms with Crippen LogP contribution in [0.2, 0.25) is 0 Å². The average Bonchev–Trinajstić information content (AvgIpc) is 2.78. The van der Waals surface area contributed by atoms with Crippen molar-refractivity contribution in [1.82, 2.24) is 5.32 Å². The highest BCUT2D eigenvalue weighted by Gasteiger charge is 2.29. The van der Waals surface area contributed by atoms with Gasteiger partial charge in [-0.2, -0.15) is 0 Å². The maximum absolute atomic E-state index is 13.5. The van der Waals surface area contributed by atoms with Gasteiger partial charge >= 0.3 is 0 Å². The van der Waals surface area contributed by atoms with Crippen molar-refractivity contribution in [3.05, 3.63) is 87.9 Å². The van der Waals surface area contributed by atoms with Crippen molar-refractivity contribution in [2.24, 2.45) is 0 Å². The van der Waals surface area contributed by atoms with Gasteiger partial charge in [0.25, 0.3) is 10.0 Å². The van der Waals surface area contributed by atoms with Crippen LogP contribution in [0.15, 0.2) is 76.1 Å². The number of sulfonamides is 1. The Morgan fingerprint density at radius 3 is 2.28 bits per heavy atom. The second-order valence-electron chi connectivity index (χ2n) is 7.36. The number of anilines is 1. The van der Waals surface area contributed by atoms with E-state index in [1.807, 2.05) is 32.0 Å². The third kappa shape index (κ3) is 5.49. The number of methoxy groups -OCH3 is 1. The highest BCUT2D eigenvalue weighted by Crippen LogP contribution is 2.33. The summed E-state index contributed by atoms with van der Waals surface area (Å²) in [6.07, 6.45) is 0. The first-order valence-corrected chi connectivity index (χ1v) is 12.2. The van der Waals surface area contributed by atoms with E-state index in [1.54, 1.807) is 55.6 Å². The van der Waals surface area contributed by atoms with Crippen molar-refractivity contribution in [3.63, 3.8) is 0 Å². The minimum Gasteiger partial charge on any atom is -0.497 e. The Balaban J connectivity index is 1.87. The molecule has 0 radical (unpaired) electrons. The van der Waals surface area contributed by atoms with Gasteiger partial charge in [-0.1, -0.05) is 42.0 Å². The summed E-state index contributed by atoms with van der Waals surface area (Å²) in [5, 5.41) is 2.80. The third-order valence-corrected chi connectivity index (χ3v) is 7.79. The molecule has 0 heterocycles. The molecule has 32 heavy (non-hydrogen) atoms. The molecule has 0 aromatic heterocycles. The van der Waals surface area contributed by atoms with Crippen molar-refractivity contribution in [3.8, 4) is 5.75 Å². The molecule has 0 saturated heterocycles. The summed E-state index contributed by atoms with van der Waals surface area (Å²) in [5.41, 5.74) is 3.10. The molecule has 0 aliphatic heterocycles. The van der Waals surface area contributed by atoms with Gasteiger partial charge in [-0.05, 0) is 71.2 Å². The van der Waals surface area contributed by atoms with Gasteiger partial charge in [0.2, 0.25) is 5.91 Å². The Hall–Kier alpha value is -2.84. The molecule has 0 spiro atoms. The number of hydrogen-bond donors (Lipinski definition) is 1. The number of carbonyl (C=O) groups is 1. The van der Waals surface area contributed by atoms with E-state index in [1.165, 1.54) is 0 Å². The molecule has 0 saturated carbocycles. The minimum absolute atomic E-state index is 0.125. The van der Waals surface area contributed by atoms with E-state index in [0.717, 1.165) is 26.7 Å². The van der Waals surface area contributed by atoms with Crippen molar-refractivity contribution in [2.75, 3.05) is 18.0 Å². The monoisotopic (exact) mass is 516 g/mol. The summed E-state index contributed by atoms with van der Waals surface area (Å²) < 4.78 is 33.9. The predicted octanol–water partition coefficient (Wildman–Crippen LogP) is 4.59. The minimum atomic E-state index is -3.97. The molecule has 8 heteroatoms. The summed E-state index contributed by atoms with van der Waals surface area (Å²) in [6, 6.07) is 19.2. The Bertz CT molecular complexity index is 1190. The molecule has 168 valence electrons. The van der Waals surface area contributed by atoms with E-state index in [0.29, 0.717) is 10.2 Å². The molecule has 0 fully saturated rings. The maximum atomic E-state index is 13.5. The van der Waals surface area contributed by atoms with Crippen LogP contribution in [0, 0.1) is 13.8 Å². The number of aryl methyl sites for hydroxylation is 2. The molecule has 6 nitrogen and oxygen atoms in total. The molecule has 3 aromatic carbocycles. The van der Waals surface area contributed by atoms with Crippen LogP contribution < -0.4 is 14.4 Å². The maximum Gasteiger partial charge on any atom is 0.264 e. The van der Waals surface area contributed by atoms with Crippen LogP contribution >= 0.6 is 15.9 Å². The molecule has 3 aromatic rings. The normalized spacial score (nSPS) is 11.1. The van der Waals surface area contributed by atoms with Crippen LogP contribution in [0.4, 0.5) is 5.69 Å². The number of carbonyl (C=O) groups excluding carboxylic acids is 1. The average molecular weight is 517 g/mol. The second kappa shape index (κ2) is 10.2. The number of rotatable bonds is 8. The zero-order valence-corrected chi connectivity index (χ0v) is 20.5. The lowest BCUT2D eigenvalue weighted by Gasteiger charge is -2.25. The van der Waals surface area contributed by atoms with E-state index in [4.69, 9.17) is 4.74 Å². The summed E-state index contributed by atoms with van der Waals surface area (Å²) in [6.45, 7) is 3.68. The number of nitrogens with one attached hydrogen (secondary N) is 1. The van der Waals surface area contributed by atoms with Gasteiger partial charge in [-0.15, -0.1) is 0 Å². The predicted molar refractivity (Wildman–Crippen MR) is 129 cm³/mol. The van der Waals surface area contributed by atoms with Crippen molar-refractivity contribution in [1.29, 1.82) is 0 Å². The Kier molecular flexibility index (Phi) is 7.58. The highest BCUT2D eigenvalue weighted by atomic mass is 79.9. The van der Waals surface area contributed by atoms with E-state index in [-0.39, 0.29) is 18.0 Å². The van der Waals surface area contributed by atoms with Gasteiger partial charge in [-0.25, -0.2) is 8.42 Å². The molecular weight excluding hydrogens is 492 g/mol. The van der Waals surface area contributed by atoms with E-state index in [9.17, 15) is 13.2 Å². The fraction of sp³-hybridized carbons (Fsp3) is 0.208. The molecule has 1 amide bonds. The standard InChI is InChI=1S/C24H25BrN2O4S/c1-17-7-13-21(14-8-17)32(29,30)27(22-6-4-5-18(2)24(22)25)16-23(28)26-15-19-9-11-20(31-3)12-10-19/h4-14H,15-16H2,1-3H3,(H,26,28). The van der Waals surface area contributed by atoms with Gasteiger partial charge in [0.1, 0.15) is 12.3 Å². The summed E-state index contributed by atoms with van der Waals surface area (Å²) in [4.78, 5) is 12.9. The largest absolute Gasteiger partial charge is 0.497 e. The Labute approximate surface area is 197 Å². The van der Waals surface area contributed by atoms with Crippen molar-refractivity contribution < 1.29 is 17.9 Å². The quantitative estimate of drug-likeness (QED) is 0.475. The van der Waals surface area contributed by atoms with Crippen LogP contribution in [-0.2, 0) is 21.4 Å². The summed E-state index contributed by atoms with van der Waals surface area (Å²) >= 11 is 3.49. The molecule has 0 aliphatic carbocycles. The first-order chi connectivity index (χ1) is 15.2. The molecular formula is C24H25BrN2O4S. The van der Waals surface area contributed by atoms with Crippen LogP contribution in [0.3, 0.4) is 0 Å².